The average molecular weight is 667 g/mol. The quantitative estimate of drug-likeness (QED) is 0.202. The third-order valence-electron chi connectivity index (χ3n) is 7.14. The van der Waals surface area contributed by atoms with E-state index in [0.29, 0.717) is 34.0 Å². The molecule has 0 spiro atoms. The summed E-state index contributed by atoms with van der Waals surface area (Å²) >= 11 is 6.63. The van der Waals surface area contributed by atoms with Crippen molar-refractivity contribution >= 4 is 33.2 Å². The fourth-order valence-corrected chi connectivity index (χ4v) is 6.56. The predicted molar refractivity (Wildman–Crippen MR) is 175 cm³/mol. The molecule has 0 bridgehead atoms. The molecule has 1 amide bonds. The number of carbonyl (C=O) groups is 1. The van der Waals surface area contributed by atoms with Gasteiger partial charge in [-0.2, -0.15) is 5.10 Å². The van der Waals surface area contributed by atoms with Gasteiger partial charge in [-0.1, -0.05) is 29.8 Å². The van der Waals surface area contributed by atoms with Crippen molar-refractivity contribution in [3.05, 3.63) is 71.3 Å². The summed E-state index contributed by atoms with van der Waals surface area (Å²) in [6.45, 7) is 6.91. The van der Waals surface area contributed by atoms with Crippen LogP contribution in [-0.4, -0.2) is 68.8 Å². The molecule has 14 heteroatoms. The monoisotopic (exact) mass is 666 g/mol. The number of aliphatic hydroxyl groups is 1. The first-order valence-corrected chi connectivity index (χ1v) is 16.4. The molecule has 2 N–H and O–H groups in total. The molecule has 0 saturated carbocycles. The summed E-state index contributed by atoms with van der Waals surface area (Å²) < 4.78 is 40.2. The van der Waals surface area contributed by atoms with Crippen molar-refractivity contribution in [1.82, 2.24) is 29.5 Å². The van der Waals surface area contributed by atoms with Crippen LogP contribution in [0.15, 0.2) is 59.8 Å². The minimum absolute atomic E-state index is 0.0461. The summed E-state index contributed by atoms with van der Waals surface area (Å²) in [6, 6.07) is 12.2. The number of amides is 1. The lowest BCUT2D eigenvalue weighted by atomic mass is 10.00. The summed E-state index contributed by atoms with van der Waals surface area (Å²) in [6.07, 6.45) is 3.01. The largest absolute Gasteiger partial charge is 0.495 e. The molecule has 0 aliphatic carbocycles. The number of aryl methyl sites for hydroxylation is 2. The number of nitrogens with zero attached hydrogens (tertiary/aromatic N) is 5. The Hall–Kier alpha value is -4.46. The standard InChI is InChI=1S/C32H35ClN6O6S/c1-19-28(21-8-10-25(44-6)26(16-21)46(42,43)14-13-40)30-36-27(33)17-24(39(30)37-19)22-9-7-20(18-35-31(41)45-32(2,3)4)15-23(22)29-34-11-12-38(29)5/h7-12,15-17,40H,13-14,18H2,1-6H3,(H,35,41). The molecule has 0 atom stereocenters. The number of benzene rings is 2. The Morgan fingerprint density at radius 1 is 1.11 bits per heavy atom. The summed E-state index contributed by atoms with van der Waals surface area (Å²) in [5.41, 5.74) is 4.45. The summed E-state index contributed by atoms with van der Waals surface area (Å²) in [5, 5.41) is 17.2. The van der Waals surface area contributed by atoms with E-state index in [4.69, 9.17) is 26.2 Å². The first-order valence-electron chi connectivity index (χ1n) is 14.4. The highest BCUT2D eigenvalue weighted by molar-refractivity contribution is 7.91. The van der Waals surface area contributed by atoms with Crippen LogP contribution in [0.5, 0.6) is 5.75 Å². The highest BCUT2D eigenvalue weighted by atomic mass is 35.5. The van der Waals surface area contributed by atoms with Gasteiger partial charge < -0.3 is 24.5 Å². The molecule has 0 fully saturated rings. The summed E-state index contributed by atoms with van der Waals surface area (Å²) in [5.74, 6) is 0.390. The van der Waals surface area contributed by atoms with E-state index in [0.717, 1.165) is 16.7 Å². The van der Waals surface area contributed by atoms with E-state index in [2.05, 4.69) is 15.3 Å². The number of nitrogens with one attached hydrogen (secondary N) is 1. The van der Waals surface area contributed by atoms with Crippen LogP contribution in [0.3, 0.4) is 0 Å². The Morgan fingerprint density at radius 3 is 2.52 bits per heavy atom. The molecule has 5 rings (SSSR count). The molecular formula is C32H35ClN6O6S. The number of halogens is 1. The highest BCUT2D eigenvalue weighted by Crippen LogP contribution is 2.38. The number of hydrogen-bond donors (Lipinski definition) is 2. The van der Waals surface area contributed by atoms with E-state index in [1.165, 1.54) is 13.2 Å². The third-order valence-corrected chi connectivity index (χ3v) is 9.04. The number of alkyl carbamates (subject to hydrolysis) is 1. The second-order valence-corrected chi connectivity index (χ2v) is 14.1. The fraction of sp³-hybridized carbons (Fsp3) is 0.312. The lowest BCUT2D eigenvalue weighted by Crippen LogP contribution is -2.32. The molecule has 46 heavy (non-hydrogen) atoms. The lowest BCUT2D eigenvalue weighted by Gasteiger charge is -2.20. The molecule has 0 radical (unpaired) electrons. The number of carbonyl (C=O) groups excluding carboxylic acids is 1. The van der Waals surface area contributed by atoms with Gasteiger partial charge >= 0.3 is 6.09 Å². The van der Waals surface area contributed by atoms with Crippen LogP contribution in [0.1, 0.15) is 32.0 Å². The molecule has 12 nitrogen and oxygen atoms in total. The molecule has 3 heterocycles. The number of fused-ring (bicyclic) bond motifs is 1. The van der Waals surface area contributed by atoms with Crippen LogP contribution in [0.25, 0.3) is 39.4 Å². The molecule has 5 aromatic rings. The Kier molecular flexibility index (Phi) is 9.12. The van der Waals surface area contributed by atoms with Gasteiger partial charge in [-0.3, -0.25) is 0 Å². The van der Waals surface area contributed by atoms with Gasteiger partial charge in [0, 0.05) is 48.7 Å². The molecule has 0 unspecified atom stereocenters. The van der Waals surface area contributed by atoms with Gasteiger partial charge in [0.15, 0.2) is 15.5 Å². The fourth-order valence-electron chi connectivity index (χ4n) is 5.15. The van der Waals surface area contributed by atoms with E-state index in [-0.39, 0.29) is 22.3 Å². The SMILES string of the molecule is COc1ccc(-c2c(C)nn3c(-c4ccc(CNC(=O)OC(C)(C)C)cc4-c4nccn4C)cc(Cl)nc23)cc1S(=O)(=O)CCO. The van der Waals surface area contributed by atoms with Crippen molar-refractivity contribution < 1.29 is 27.8 Å². The van der Waals surface area contributed by atoms with Gasteiger partial charge in [-0.05, 0) is 57.0 Å². The number of aromatic nitrogens is 5. The van der Waals surface area contributed by atoms with Crippen molar-refractivity contribution in [2.24, 2.45) is 7.05 Å². The minimum atomic E-state index is -3.84. The van der Waals surface area contributed by atoms with Crippen LogP contribution in [0.4, 0.5) is 4.79 Å². The Labute approximate surface area is 271 Å². The zero-order valence-corrected chi connectivity index (χ0v) is 27.9. The van der Waals surface area contributed by atoms with Gasteiger partial charge in [0.05, 0.1) is 30.9 Å². The van der Waals surface area contributed by atoms with E-state index >= 15 is 0 Å². The smallest absolute Gasteiger partial charge is 0.407 e. The maximum absolute atomic E-state index is 13.0. The zero-order chi connectivity index (χ0) is 33.4. The summed E-state index contributed by atoms with van der Waals surface area (Å²) in [7, 11) is -0.570. The van der Waals surface area contributed by atoms with E-state index in [1.807, 2.05) is 36.0 Å². The number of rotatable bonds is 9. The Morgan fingerprint density at radius 2 is 1.87 bits per heavy atom. The third kappa shape index (κ3) is 6.71. The molecule has 2 aromatic carbocycles. The van der Waals surface area contributed by atoms with Crippen molar-refractivity contribution in [3.8, 4) is 39.5 Å². The van der Waals surface area contributed by atoms with Crippen molar-refractivity contribution in [2.75, 3.05) is 19.5 Å². The van der Waals surface area contributed by atoms with Gasteiger partial charge in [0.25, 0.3) is 0 Å². The zero-order valence-electron chi connectivity index (χ0n) is 26.3. The maximum Gasteiger partial charge on any atom is 0.407 e. The number of aliphatic hydroxyl groups excluding tert-OH is 1. The highest BCUT2D eigenvalue weighted by Gasteiger charge is 2.25. The van der Waals surface area contributed by atoms with E-state index < -0.39 is 33.9 Å². The van der Waals surface area contributed by atoms with Crippen molar-refractivity contribution in [1.29, 1.82) is 0 Å². The predicted octanol–water partition coefficient (Wildman–Crippen LogP) is 5.22. The van der Waals surface area contributed by atoms with Gasteiger partial charge in [-0.25, -0.2) is 27.7 Å². The lowest BCUT2D eigenvalue weighted by molar-refractivity contribution is 0.0523. The normalized spacial score (nSPS) is 12.0. The topological polar surface area (TPSA) is 150 Å². The Bertz CT molecular complexity index is 2050. The second kappa shape index (κ2) is 12.7. The Balaban J connectivity index is 1.66. The minimum Gasteiger partial charge on any atom is -0.495 e. The van der Waals surface area contributed by atoms with Gasteiger partial charge in [0.1, 0.15) is 27.2 Å². The average Bonchev–Trinajstić information content (AvgIpc) is 3.56. The van der Waals surface area contributed by atoms with E-state index in [9.17, 15) is 18.3 Å². The number of ether oxygens (including phenoxy) is 2. The van der Waals surface area contributed by atoms with Crippen molar-refractivity contribution in [2.45, 2.75) is 44.7 Å². The molecular weight excluding hydrogens is 632 g/mol. The van der Waals surface area contributed by atoms with Gasteiger partial charge in [-0.15, -0.1) is 0 Å². The molecule has 0 aliphatic heterocycles. The summed E-state index contributed by atoms with van der Waals surface area (Å²) in [4.78, 5) is 21.5. The molecule has 3 aromatic heterocycles. The van der Waals surface area contributed by atoms with E-state index in [1.54, 1.807) is 56.6 Å². The number of methoxy groups -OCH3 is 1. The molecule has 0 saturated heterocycles. The first-order chi connectivity index (χ1) is 21.7. The number of imidazole rings is 1. The number of hydrogen-bond acceptors (Lipinski definition) is 9. The first kappa shape index (κ1) is 32.9. The molecule has 0 aliphatic rings. The second-order valence-electron chi connectivity index (χ2n) is 11.7. The van der Waals surface area contributed by atoms with Gasteiger partial charge in [0.2, 0.25) is 0 Å². The maximum atomic E-state index is 13.0. The van der Waals surface area contributed by atoms with Crippen LogP contribution in [0.2, 0.25) is 5.15 Å². The van der Waals surface area contributed by atoms with Crippen LogP contribution in [-0.2, 0) is 28.2 Å². The van der Waals surface area contributed by atoms with Crippen LogP contribution in [0, 0.1) is 6.92 Å². The molecule has 242 valence electrons. The van der Waals surface area contributed by atoms with Crippen LogP contribution >= 0.6 is 11.6 Å². The number of sulfone groups is 1. The van der Waals surface area contributed by atoms with Crippen molar-refractivity contribution in [3.63, 3.8) is 0 Å². The van der Waals surface area contributed by atoms with Crippen LogP contribution < -0.4 is 10.1 Å².